The van der Waals surface area contributed by atoms with Crippen LogP contribution in [0.5, 0.6) is 11.5 Å². The molecule has 0 bridgehead atoms. The zero-order chi connectivity index (χ0) is 22.0. The Morgan fingerprint density at radius 1 is 0.935 bits per heavy atom. The monoisotopic (exact) mass is 457 g/mol. The smallest absolute Gasteiger partial charge is 0.232 e. The van der Waals surface area contributed by atoms with Crippen molar-refractivity contribution in [3.05, 3.63) is 77.8 Å². The molecule has 0 amide bonds. The van der Waals surface area contributed by atoms with Crippen LogP contribution in [0.2, 0.25) is 5.02 Å². The molecular formula is C24H24ClNO4S. The number of hydrogen-bond donors (Lipinski definition) is 1. The Hall–Kier alpha value is -2.54. The molecule has 1 fully saturated rings. The van der Waals surface area contributed by atoms with Gasteiger partial charge in [0.15, 0.2) is 0 Å². The highest BCUT2D eigenvalue weighted by Crippen LogP contribution is 2.37. The fraction of sp³-hybridized carbons (Fsp3) is 0.250. The number of ether oxygens (including phenoxy) is 1. The molecule has 1 aliphatic carbocycles. The highest BCUT2D eigenvalue weighted by atomic mass is 35.5. The van der Waals surface area contributed by atoms with Crippen molar-refractivity contribution < 1.29 is 18.3 Å². The molecule has 0 aliphatic heterocycles. The number of aliphatic hydroxyl groups excluding tert-OH is 1. The summed E-state index contributed by atoms with van der Waals surface area (Å²) in [6.45, 7) is 0. The lowest BCUT2D eigenvalue weighted by Gasteiger charge is -2.31. The van der Waals surface area contributed by atoms with Gasteiger partial charge in [-0.15, -0.1) is 0 Å². The van der Waals surface area contributed by atoms with E-state index in [1.54, 1.807) is 12.1 Å². The SMILES string of the molecule is CS(=O)(=O)N(c1ccc(-c2ccc(Oc3ccccc3)cc2)cc1Cl)C1CCC[C@@H]1O. The average Bonchev–Trinajstić information content (AvgIpc) is 3.15. The van der Waals surface area contributed by atoms with Crippen molar-refractivity contribution in [2.45, 2.75) is 31.4 Å². The number of rotatable bonds is 6. The van der Waals surface area contributed by atoms with Gasteiger partial charge in [0.2, 0.25) is 10.0 Å². The molecule has 1 N–H and O–H groups in total. The lowest BCUT2D eigenvalue weighted by Crippen LogP contribution is -2.44. The lowest BCUT2D eigenvalue weighted by molar-refractivity contribution is 0.166. The standard InChI is InChI=1S/C24H24ClNO4S/c1-31(28,29)26(23-8-5-9-24(23)27)22-15-12-18(16-21(22)25)17-10-13-20(14-11-17)30-19-6-3-2-4-7-19/h2-4,6-7,10-16,23-24,27H,5,8-9H2,1H3/t23?,24-/m0/s1. The van der Waals surface area contributed by atoms with Crippen LogP contribution in [0, 0.1) is 0 Å². The zero-order valence-corrected chi connectivity index (χ0v) is 18.7. The molecule has 162 valence electrons. The van der Waals surface area contributed by atoms with Gasteiger partial charge in [0.1, 0.15) is 11.5 Å². The van der Waals surface area contributed by atoms with E-state index in [0.717, 1.165) is 35.3 Å². The number of sulfonamides is 1. The second kappa shape index (κ2) is 8.91. The van der Waals surface area contributed by atoms with Crippen molar-refractivity contribution in [2.75, 3.05) is 10.6 Å². The first-order valence-corrected chi connectivity index (χ1v) is 12.4. The first kappa shape index (κ1) is 21.7. The number of halogens is 1. The largest absolute Gasteiger partial charge is 0.457 e. The van der Waals surface area contributed by atoms with E-state index < -0.39 is 22.2 Å². The van der Waals surface area contributed by atoms with Crippen LogP contribution >= 0.6 is 11.6 Å². The minimum Gasteiger partial charge on any atom is -0.457 e. The average molecular weight is 458 g/mol. The highest BCUT2D eigenvalue weighted by molar-refractivity contribution is 7.92. The predicted octanol–water partition coefficient (Wildman–Crippen LogP) is 5.48. The first-order chi connectivity index (χ1) is 14.8. The van der Waals surface area contributed by atoms with Gasteiger partial charge < -0.3 is 9.84 Å². The quantitative estimate of drug-likeness (QED) is 0.532. The van der Waals surface area contributed by atoms with E-state index in [0.29, 0.717) is 23.6 Å². The summed E-state index contributed by atoms with van der Waals surface area (Å²) in [5.41, 5.74) is 2.18. The molecule has 1 unspecified atom stereocenters. The molecule has 0 heterocycles. The minimum absolute atomic E-state index is 0.326. The van der Waals surface area contributed by atoms with E-state index >= 15 is 0 Å². The third kappa shape index (κ3) is 4.87. The van der Waals surface area contributed by atoms with Crippen molar-refractivity contribution in [1.82, 2.24) is 0 Å². The van der Waals surface area contributed by atoms with Crippen molar-refractivity contribution in [3.63, 3.8) is 0 Å². The summed E-state index contributed by atoms with van der Waals surface area (Å²) < 4.78 is 32.1. The van der Waals surface area contributed by atoms with Crippen molar-refractivity contribution in [3.8, 4) is 22.6 Å². The maximum atomic E-state index is 12.5. The summed E-state index contributed by atoms with van der Waals surface area (Å²) in [4.78, 5) is 0. The van der Waals surface area contributed by atoms with Crippen molar-refractivity contribution in [2.24, 2.45) is 0 Å². The molecule has 0 saturated heterocycles. The normalized spacial score (nSPS) is 18.7. The summed E-state index contributed by atoms with van der Waals surface area (Å²) in [5.74, 6) is 1.48. The Balaban J connectivity index is 1.59. The van der Waals surface area contributed by atoms with Gasteiger partial charge in [-0.3, -0.25) is 4.31 Å². The number of benzene rings is 3. The molecule has 0 spiro atoms. The van der Waals surface area contributed by atoms with Crippen LogP contribution in [0.4, 0.5) is 5.69 Å². The fourth-order valence-electron chi connectivity index (χ4n) is 4.00. The highest BCUT2D eigenvalue weighted by Gasteiger charge is 2.36. The van der Waals surface area contributed by atoms with Crippen LogP contribution in [-0.4, -0.2) is 31.9 Å². The van der Waals surface area contributed by atoms with Crippen LogP contribution in [0.3, 0.4) is 0 Å². The van der Waals surface area contributed by atoms with Gasteiger partial charge in [-0.25, -0.2) is 8.42 Å². The first-order valence-electron chi connectivity index (χ1n) is 10.1. The number of aliphatic hydroxyl groups is 1. The summed E-state index contributed by atoms with van der Waals surface area (Å²) in [6, 6.07) is 22.0. The topological polar surface area (TPSA) is 66.8 Å². The van der Waals surface area contributed by atoms with Crippen LogP contribution in [0.25, 0.3) is 11.1 Å². The molecule has 31 heavy (non-hydrogen) atoms. The molecule has 7 heteroatoms. The van der Waals surface area contributed by atoms with E-state index in [9.17, 15) is 13.5 Å². The number of hydrogen-bond acceptors (Lipinski definition) is 4. The summed E-state index contributed by atoms with van der Waals surface area (Å²) in [7, 11) is -3.60. The number of nitrogens with zero attached hydrogens (tertiary/aromatic N) is 1. The summed E-state index contributed by atoms with van der Waals surface area (Å²) >= 11 is 6.53. The molecule has 5 nitrogen and oxygen atoms in total. The Morgan fingerprint density at radius 2 is 1.58 bits per heavy atom. The molecule has 1 aliphatic rings. The van der Waals surface area contributed by atoms with Crippen LogP contribution in [0.1, 0.15) is 19.3 Å². The van der Waals surface area contributed by atoms with E-state index in [1.807, 2.05) is 60.7 Å². The molecule has 4 rings (SSSR count). The Morgan fingerprint density at radius 3 is 2.16 bits per heavy atom. The third-order valence-electron chi connectivity index (χ3n) is 5.45. The minimum atomic E-state index is -3.60. The second-order valence-corrected chi connectivity index (χ2v) is 10.00. The van der Waals surface area contributed by atoms with E-state index in [1.165, 1.54) is 4.31 Å². The summed E-state index contributed by atoms with van der Waals surface area (Å²) in [5, 5.41) is 10.6. The van der Waals surface area contributed by atoms with Gasteiger partial charge in [0, 0.05) is 0 Å². The summed E-state index contributed by atoms with van der Waals surface area (Å²) in [6.07, 6.45) is 2.43. The van der Waals surface area contributed by atoms with Crippen LogP contribution in [-0.2, 0) is 10.0 Å². The predicted molar refractivity (Wildman–Crippen MR) is 124 cm³/mol. The Kier molecular flexibility index (Phi) is 6.23. The number of para-hydroxylation sites is 1. The number of anilines is 1. The maximum Gasteiger partial charge on any atom is 0.232 e. The van der Waals surface area contributed by atoms with Crippen LogP contribution in [0.15, 0.2) is 72.8 Å². The molecule has 1 saturated carbocycles. The third-order valence-corrected chi connectivity index (χ3v) is 6.94. The molecule has 0 aromatic heterocycles. The van der Waals surface area contributed by atoms with Gasteiger partial charge in [0.05, 0.1) is 29.1 Å². The molecule has 3 aromatic carbocycles. The van der Waals surface area contributed by atoms with Gasteiger partial charge in [-0.2, -0.15) is 0 Å². The van der Waals surface area contributed by atoms with E-state index in [2.05, 4.69) is 0 Å². The Labute approximate surface area is 187 Å². The molecule has 2 atom stereocenters. The van der Waals surface area contributed by atoms with E-state index in [-0.39, 0.29) is 0 Å². The van der Waals surface area contributed by atoms with Crippen molar-refractivity contribution >= 4 is 27.3 Å². The van der Waals surface area contributed by atoms with Gasteiger partial charge >= 0.3 is 0 Å². The molecule has 0 radical (unpaired) electrons. The molecule has 3 aromatic rings. The fourth-order valence-corrected chi connectivity index (χ4v) is 5.58. The van der Waals surface area contributed by atoms with Crippen LogP contribution < -0.4 is 9.04 Å². The van der Waals surface area contributed by atoms with Gasteiger partial charge in [0.25, 0.3) is 0 Å². The van der Waals surface area contributed by atoms with Gasteiger partial charge in [-0.05, 0) is 66.8 Å². The van der Waals surface area contributed by atoms with E-state index in [4.69, 9.17) is 16.3 Å². The lowest BCUT2D eigenvalue weighted by atomic mass is 10.0. The molecular weight excluding hydrogens is 434 g/mol. The second-order valence-electron chi connectivity index (χ2n) is 7.73. The van der Waals surface area contributed by atoms with Gasteiger partial charge in [-0.1, -0.05) is 48.0 Å². The zero-order valence-electron chi connectivity index (χ0n) is 17.1. The van der Waals surface area contributed by atoms with Crippen molar-refractivity contribution in [1.29, 1.82) is 0 Å². The Bertz CT molecular complexity index is 1150. The maximum absolute atomic E-state index is 12.5.